The molecular weight excluding hydrogens is 448 g/mol. The van der Waals surface area contributed by atoms with Crippen LogP contribution in [0.2, 0.25) is 0 Å². The fourth-order valence-corrected chi connectivity index (χ4v) is 3.82. The molecule has 1 amide bonds. The average Bonchev–Trinajstić information content (AvgIpc) is 3.04. The standard InChI is InChI=1S/C23H20N2O7S/c1-3-10-25-20(27)19(11-14-4-7-16(8-5-14)32-13(2)21(28)29)33-23(25)24-15-6-9-17(22(30)31)18(26)12-15/h3-9,11-13,26H,1,10H2,2H3,(H,28,29)(H,30,31)/b19-11-,24-23?. The van der Waals surface area contributed by atoms with Gasteiger partial charge in [0.15, 0.2) is 11.3 Å². The second kappa shape index (κ2) is 10.0. The number of aliphatic carboxylic acids is 1. The number of hydrogen-bond donors (Lipinski definition) is 3. The van der Waals surface area contributed by atoms with E-state index >= 15 is 0 Å². The van der Waals surface area contributed by atoms with E-state index in [0.717, 1.165) is 11.8 Å². The number of benzene rings is 2. The lowest BCUT2D eigenvalue weighted by atomic mass is 10.2. The summed E-state index contributed by atoms with van der Waals surface area (Å²) < 4.78 is 5.30. The van der Waals surface area contributed by atoms with Gasteiger partial charge >= 0.3 is 11.9 Å². The Hall–Kier alpha value is -4.05. The molecule has 10 heteroatoms. The molecule has 1 fully saturated rings. The van der Waals surface area contributed by atoms with Crippen LogP contribution < -0.4 is 4.74 Å². The molecule has 1 aliphatic heterocycles. The number of rotatable bonds is 8. The Bertz CT molecular complexity index is 1170. The van der Waals surface area contributed by atoms with Crippen LogP contribution in [-0.2, 0) is 9.59 Å². The van der Waals surface area contributed by atoms with Gasteiger partial charge in [-0.3, -0.25) is 9.69 Å². The van der Waals surface area contributed by atoms with Crippen LogP contribution in [0.5, 0.6) is 11.5 Å². The van der Waals surface area contributed by atoms with Crippen LogP contribution >= 0.6 is 11.8 Å². The largest absolute Gasteiger partial charge is 0.507 e. The van der Waals surface area contributed by atoms with E-state index in [9.17, 15) is 19.5 Å². The van der Waals surface area contributed by atoms with Gasteiger partial charge in [0.05, 0.1) is 10.6 Å². The van der Waals surface area contributed by atoms with E-state index in [2.05, 4.69) is 11.6 Å². The van der Waals surface area contributed by atoms with Gasteiger partial charge in [0.2, 0.25) is 0 Å². The van der Waals surface area contributed by atoms with Crippen LogP contribution in [-0.4, -0.2) is 55.9 Å². The highest BCUT2D eigenvalue weighted by Gasteiger charge is 2.32. The molecule has 0 aliphatic carbocycles. The highest BCUT2D eigenvalue weighted by Crippen LogP contribution is 2.35. The molecule has 0 saturated carbocycles. The molecule has 33 heavy (non-hydrogen) atoms. The summed E-state index contributed by atoms with van der Waals surface area (Å²) >= 11 is 1.12. The molecule has 0 aromatic heterocycles. The minimum absolute atomic E-state index is 0.209. The molecular formula is C23H20N2O7S. The van der Waals surface area contributed by atoms with E-state index in [1.807, 2.05) is 0 Å². The topological polar surface area (TPSA) is 137 Å². The van der Waals surface area contributed by atoms with E-state index in [1.54, 1.807) is 36.4 Å². The third-order valence-electron chi connectivity index (χ3n) is 4.47. The number of carboxylic acids is 2. The van der Waals surface area contributed by atoms with Crippen molar-refractivity contribution in [2.45, 2.75) is 13.0 Å². The lowest BCUT2D eigenvalue weighted by Crippen LogP contribution is -2.29. The van der Waals surface area contributed by atoms with Crippen molar-refractivity contribution in [3.05, 3.63) is 71.2 Å². The molecule has 2 aromatic rings. The number of amidine groups is 1. The van der Waals surface area contributed by atoms with E-state index < -0.39 is 23.8 Å². The van der Waals surface area contributed by atoms with Crippen molar-refractivity contribution in [1.82, 2.24) is 4.90 Å². The average molecular weight is 468 g/mol. The Labute approximate surface area is 193 Å². The van der Waals surface area contributed by atoms with Crippen molar-refractivity contribution in [2.24, 2.45) is 4.99 Å². The maximum Gasteiger partial charge on any atom is 0.344 e. The van der Waals surface area contributed by atoms with Gasteiger partial charge in [0, 0.05) is 12.6 Å². The molecule has 9 nitrogen and oxygen atoms in total. The first-order valence-corrected chi connectivity index (χ1v) is 10.5. The second-order valence-electron chi connectivity index (χ2n) is 6.88. The van der Waals surface area contributed by atoms with Crippen molar-refractivity contribution in [1.29, 1.82) is 0 Å². The molecule has 2 aromatic carbocycles. The summed E-state index contributed by atoms with van der Waals surface area (Å²) in [5.74, 6) is -2.66. The minimum Gasteiger partial charge on any atom is -0.507 e. The number of aromatic hydroxyl groups is 1. The number of nitrogens with zero attached hydrogens (tertiary/aromatic N) is 2. The molecule has 0 bridgehead atoms. The number of carboxylic acid groups (broad SMARTS) is 2. The summed E-state index contributed by atoms with van der Waals surface area (Å²) in [4.78, 5) is 41.1. The number of thioether (sulfide) groups is 1. The monoisotopic (exact) mass is 468 g/mol. The number of aromatic carboxylic acids is 1. The van der Waals surface area contributed by atoms with Crippen LogP contribution in [0, 0.1) is 0 Å². The molecule has 3 N–H and O–H groups in total. The quantitative estimate of drug-likeness (QED) is 0.394. The smallest absolute Gasteiger partial charge is 0.344 e. The summed E-state index contributed by atoms with van der Waals surface area (Å²) in [5, 5.41) is 28.2. The Morgan fingerprint density at radius 1 is 1.21 bits per heavy atom. The lowest BCUT2D eigenvalue weighted by Gasteiger charge is -2.12. The van der Waals surface area contributed by atoms with E-state index in [-0.39, 0.29) is 23.7 Å². The highest BCUT2D eigenvalue weighted by molar-refractivity contribution is 8.18. The molecule has 3 rings (SSSR count). The first-order valence-electron chi connectivity index (χ1n) is 9.66. The summed E-state index contributed by atoms with van der Waals surface area (Å²) in [7, 11) is 0. The maximum absolute atomic E-state index is 12.9. The van der Waals surface area contributed by atoms with Gasteiger partial charge in [-0.25, -0.2) is 14.6 Å². The Kier molecular flexibility index (Phi) is 7.19. The molecule has 1 unspecified atom stereocenters. The molecule has 1 saturated heterocycles. The van der Waals surface area contributed by atoms with Crippen molar-refractivity contribution in [2.75, 3.05) is 6.54 Å². The second-order valence-corrected chi connectivity index (χ2v) is 7.89. The van der Waals surface area contributed by atoms with Gasteiger partial charge in [-0.1, -0.05) is 18.2 Å². The number of carbonyl (C=O) groups excluding carboxylic acids is 1. The van der Waals surface area contributed by atoms with Crippen LogP contribution in [0.15, 0.2) is 65.0 Å². The Morgan fingerprint density at radius 2 is 1.91 bits per heavy atom. The van der Waals surface area contributed by atoms with Gasteiger partial charge in [-0.05, 0) is 54.6 Å². The molecule has 1 heterocycles. The Morgan fingerprint density at radius 3 is 2.48 bits per heavy atom. The predicted molar refractivity (Wildman–Crippen MR) is 124 cm³/mol. The van der Waals surface area contributed by atoms with Gasteiger partial charge in [-0.2, -0.15) is 0 Å². The first kappa shape index (κ1) is 23.6. The number of phenols is 1. The zero-order chi connectivity index (χ0) is 24.1. The fourth-order valence-electron chi connectivity index (χ4n) is 2.81. The summed E-state index contributed by atoms with van der Waals surface area (Å²) in [6.45, 7) is 5.30. The van der Waals surface area contributed by atoms with Gasteiger partial charge in [0.1, 0.15) is 17.1 Å². The molecule has 0 radical (unpaired) electrons. The molecule has 1 atom stereocenters. The lowest BCUT2D eigenvalue weighted by molar-refractivity contribution is -0.144. The summed E-state index contributed by atoms with van der Waals surface area (Å²) in [6, 6.07) is 10.5. The van der Waals surface area contributed by atoms with Crippen LogP contribution in [0.1, 0.15) is 22.8 Å². The van der Waals surface area contributed by atoms with Crippen molar-refractivity contribution in [3.63, 3.8) is 0 Å². The van der Waals surface area contributed by atoms with E-state index in [4.69, 9.17) is 14.9 Å². The highest BCUT2D eigenvalue weighted by atomic mass is 32.2. The van der Waals surface area contributed by atoms with Crippen molar-refractivity contribution < 1.29 is 34.4 Å². The van der Waals surface area contributed by atoms with E-state index in [1.165, 1.54) is 30.0 Å². The first-order chi connectivity index (χ1) is 15.7. The summed E-state index contributed by atoms with van der Waals surface area (Å²) in [6.07, 6.45) is 2.23. The number of ether oxygens (including phenoxy) is 1. The zero-order valence-electron chi connectivity index (χ0n) is 17.5. The third-order valence-corrected chi connectivity index (χ3v) is 5.48. The zero-order valence-corrected chi connectivity index (χ0v) is 18.3. The normalized spacial score (nSPS) is 16.8. The van der Waals surface area contributed by atoms with Gasteiger partial charge in [-0.15, -0.1) is 6.58 Å². The SMILES string of the molecule is C=CCN1C(=O)/C(=C/c2ccc(OC(C)C(=O)O)cc2)SC1=Nc1ccc(C(=O)O)c(O)c1. The van der Waals surface area contributed by atoms with Crippen LogP contribution in [0.3, 0.4) is 0 Å². The fraction of sp³-hybridized carbons (Fsp3) is 0.130. The van der Waals surface area contributed by atoms with Crippen LogP contribution in [0.4, 0.5) is 5.69 Å². The van der Waals surface area contributed by atoms with Crippen LogP contribution in [0.25, 0.3) is 6.08 Å². The molecule has 1 aliphatic rings. The molecule has 170 valence electrons. The minimum atomic E-state index is -1.26. The third kappa shape index (κ3) is 5.60. The number of carbonyl (C=O) groups is 3. The summed E-state index contributed by atoms with van der Waals surface area (Å²) in [5.41, 5.74) is 0.740. The number of amides is 1. The Balaban J connectivity index is 1.85. The van der Waals surface area contributed by atoms with Gasteiger partial charge in [0.25, 0.3) is 5.91 Å². The number of aliphatic imine (C=N–C) groups is 1. The van der Waals surface area contributed by atoms with E-state index in [0.29, 0.717) is 21.4 Å². The molecule has 0 spiro atoms. The van der Waals surface area contributed by atoms with Crippen molar-refractivity contribution >= 4 is 46.5 Å². The number of hydrogen-bond acceptors (Lipinski definition) is 7. The predicted octanol–water partition coefficient (Wildman–Crippen LogP) is 3.73. The maximum atomic E-state index is 12.9. The van der Waals surface area contributed by atoms with Crippen molar-refractivity contribution in [3.8, 4) is 11.5 Å². The van der Waals surface area contributed by atoms with Gasteiger partial charge < -0.3 is 20.1 Å².